The molecular weight excluding hydrogens is 746 g/mol. The molecule has 12 heteroatoms. The summed E-state index contributed by atoms with van der Waals surface area (Å²) in [4.78, 5) is 9.89. The topological polar surface area (TPSA) is 103 Å². The van der Waals surface area contributed by atoms with E-state index in [0.717, 1.165) is 105 Å². The van der Waals surface area contributed by atoms with Crippen molar-refractivity contribution in [2.24, 2.45) is 0 Å². The summed E-state index contributed by atoms with van der Waals surface area (Å²) in [6.45, 7) is 1.66. The third kappa shape index (κ3) is 8.54. The SMILES string of the molecule is OC1CCCCC1c1nc(C2=CC=CC[N-]2)c2ccccn12.OC1CCCCC1c1nc(C2CCCC[N-]2)c2ccccn12.[ClH+][Cu][ClH+].[Cu+]. The first-order chi connectivity index (χ1) is 23.1. The van der Waals surface area contributed by atoms with Crippen molar-refractivity contribution in [3.8, 4) is 0 Å². The molecule has 2 aliphatic carbocycles. The third-order valence-electron chi connectivity index (χ3n) is 9.85. The molecule has 48 heavy (non-hydrogen) atoms. The van der Waals surface area contributed by atoms with E-state index >= 15 is 0 Å². The van der Waals surface area contributed by atoms with Crippen LogP contribution in [0.4, 0.5) is 0 Å². The Hall–Kier alpha value is -1.84. The van der Waals surface area contributed by atoms with Gasteiger partial charge in [0.1, 0.15) is 11.6 Å². The van der Waals surface area contributed by atoms with E-state index < -0.39 is 0 Å². The number of halogens is 2. The fourth-order valence-corrected chi connectivity index (χ4v) is 7.52. The van der Waals surface area contributed by atoms with Crippen molar-refractivity contribution in [1.29, 1.82) is 0 Å². The minimum absolute atomic E-state index is 0. The van der Waals surface area contributed by atoms with Crippen molar-refractivity contribution in [2.45, 2.75) is 101 Å². The Balaban J connectivity index is 0.000000171. The fourth-order valence-electron chi connectivity index (χ4n) is 7.52. The summed E-state index contributed by atoms with van der Waals surface area (Å²) < 4.78 is 4.32. The number of imidazole rings is 2. The smallest absolute Gasteiger partial charge is 1.00 e. The zero-order valence-electron chi connectivity index (χ0n) is 26.9. The van der Waals surface area contributed by atoms with Crippen molar-refractivity contribution in [1.82, 2.24) is 18.8 Å². The van der Waals surface area contributed by atoms with Gasteiger partial charge in [-0.2, -0.15) is 0 Å². The van der Waals surface area contributed by atoms with E-state index in [1.807, 2.05) is 36.6 Å². The van der Waals surface area contributed by atoms with Crippen LogP contribution >= 0.6 is 0 Å². The summed E-state index contributed by atoms with van der Waals surface area (Å²) in [5, 5.41) is 30.2. The number of aromatic nitrogens is 4. The Bertz CT molecular complexity index is 1670. The van der Waals surface area contributed by atoms with Crippen molar-refractivity contribution in [2.75, 3.05) is 13.1 Å². The van der Waals surface area contributed by atoms with Crippen LogP contribution in [-0.2, 0) is 30.2 Å². The van der Waals surface area contributed by atoms with Crippen LogP contribution in [0.5, 0.6) is 0 Å². The standard InChI is InChI=1S/C18H24N3O.C18H20N3O.2ClH.2Cu/c2*22-16-10-2-1-7-13(16)18-20-17(14-8-3-5-11-19-14)15-9-4-6-12-21(15)18;;;;/h4,6,9,12-14,16,22H,1-3,5,7-8,10-11H2;3-6,8-9,12-13,16,22H,1-2,7,10-11H2;2*1H;;/q2*-1;;;+1;+2. The van der Waals surface area contributed by atoms with E-state index in [1.54, 1.807) is 0 Å². The van der Waals surface area contributed by atoms with Crippen LogP contribution in [0.25, 0.3) is 27.4 Å². The Kier molecular flexibility index (Phi) is 14.4. The van der Waals surface area contributed by atoms with Gasteiger partial charge in [-0.1, -0.05) is 75.3 Å². The van der Waals surface area contributed by atoms with Gasteiger partial charge in [-0.3, -0.25) is 0 Å². The molecule has 2 saturated carbocycles. The molecular formula is C36H46Cl2Cu2N6O2+. The predicted molar refractivity (Wildman–Crippen MR) is 178 cm³/mol. The van der Waals surface area contributed by atoms with Crippen LogP contribution in [0.3, 0.4) is 0 Å². The maximum Gasteiger partial charge on any atom is 1.00 e. The van der Waals surface area contributed by atoms with E-state index in [2.05, 4.69) is 64.8 Å². The van der Waals surface area contributed by atoms with Crippen LogP contribution in [0, 0.1) is 20.2 Å². The van der Waals surface area contributed by atoms with Gasteiger partial charge in [-0.25, -0.2) is 9.97 Å². The molecule has 5 atom stereocenters. The number of aliphatic hydroxyl groups is 2. The molecule has 3 fully saturated rings. The number of rotatable bonds is 4. The normalized spacial score (nSPS) is 25.6. The Labute approximate surface area is 308 Å². The van der Waals surface area contributed by atoms with E-state index in [9.17, 15) is 10.2 Å². The third-order valence-corrected chi connectivity index (χ3v) is 9.85. The molecule has 1 saturated heterocycles. The van der Waals surface area contributed by atoms with Crippen molar-refractivity contribution < 1.29 is 60.6 Å². The first-order valence-electron chi connectivity index (χ1n) is 16.9. The molecule has 5 unspecified atom stereocenters. The van der Waals surface area contributed by atoms with Crippen molar-refractivity contribution in [3.63, 3.8) is 0 Å². The molecule has 0 spiro atoms. The van der Waals surface area contributed by atoms with E-state index in [-0.39, 0.29) is 47.2 Å². The maximum atomic E-state index is 10.4. The minimum Gasteiger partial charge on any atom is 1.00 e. The van der Waals surface area contributed by atoms with Crippen molar-refractivity contribution >= 4 is 16.7 Å². The molecule has 6 heterocycles. The van der Waals surface area contributed by atoms with E-state index in [4.69, 9.17) is 15.3 Å². The molecule has 8 nitrogen and oxygen atoms in total. The molecule has 0 aromatic carbocycles. The monoisotopic (exact) mass is 790 g/mol. The van der Waals surface area contributed by atoms with Gasteiger partial charge in [0.05, 0.1) is 28.9 Å². The van der Waals surface area contributed by atoms with Gasteiger partial charge in [0.2, 0.25) is 0 Å². The average Bonchev–Trinajstić information content (AvgIpc) is 3.70. The molecule has 0 bridgehead atoms. The number of fused-ring (bicyclic) bond motifs is 2. The first kappa shape index (κ1) is 37.4. The first-order valence-corrected chi connectivity index (χ1v) is 19.7. The quantitative estimate of drug-likeness (QED) is 0.217. The number of allylic oxidation sites excluding steroid dienone is 2. The van der Waals surface area contributed by atoms with Crippen LogP contribution < -0.4 is 0 Å². The van der Waals surface area contributed by atoms with Crippen LogP contribution in [0.1, 0.15) is 112 Å². The molecule has 267 valence electrons. The summed E-state index contributed by atoms with van der Waals surface area (Å²) in [5.41, 5.74) is 5.22. The van der Waals surface area contributed by atoms with Gasteiger partial charge in [0.15, 0.2) is 0 Å². The second-order valence-corrected chi connectivity index (χ2v) is 14.6. The van der Waals surface area contributed by atoms with Gasteiger partial charge in [0.25, 0.3) is 0 Å². The maximum absolute atomic E-state index is 10.4. The number of hydrogen-bond acceptors (Lipinski definition) is 4. The Morgan fingerprint density at radius 3 is 1.92 bits per heavy atom. The fraction of sp³-hybridized carbons (Fsp3) is 0.500. The minimum atomic E-state index is -0.287. The number of aliphatic hydroxyl groups excluding tert-OH is 2. The molecule has 0 amide bonds. The van der Waals surface area contributed by atoms with E-state index in [0.29, 0.717) is 6.54 Å². The molecule has 4 aliphatic rings. The van der Waals surface area contributed by atoms with Crippen LogP contribution in [0.15, 0.2) is 67.0 Å². The summed E-state index contributed by atoms with van der Waals surface area (Å²) in [7, 11) is 8.23. The summed E-state index contributed by atoms with van der Waals surface area (Å²) in [6.07, 6.45) is 21.6. The Morgan fingerprint density at radius 1 is 0.750 bits per heavy atom. The molecule has 0 radical (unpaired) electrons. The number of hydrogen-bond donors (Lipinski definition) is 2. The van der Waals surface area contributed by atoms with Crippen LogP contribution in [-0.4, -0.2) is 54.3 Å². The second-order valence-electron chi connectivity index (χ2n) is 12.8. The largest absolute Gasteiger partial charge is 1.00 e. The summed E-state index contributed by atoms with van der Waals surface area (Å²) in [6, 6.07) is 12.6. The van der Waals surface area contributed by atoms with Gasteiger partial charge < -0.3 is 29.6 Å². The zero-order valence-corrected chi connectivity index (χ0v) is 30.4. The number of pyridine rings is 2. The van der Waals surface area contributed by atoms with Crippen LogP contribution in [0.2, 0.25) is 0 Å². The van der Waals surface area contributed by atoms with E-state index in [1.165, 1.54) is 24.8 Å². The average molecular weight is 793 g/mol. The molecule has 2 N–H and O–H groups in total. The second kappa shape index (κ2) is 18.4. The molecule has 4 aromatic heterocycles. The van der Waals surface area contributed by atoms with Gasteiger partial charge in [-0.15, -0.1) is 24.9 Å². The molecule has 4 aromatic rings. The van der Waals surface area contributed by atoms with Gasteiger partial charge in [0, 0.05) is 29.9 Å². The predicted octanol–water partition coefficient (Wildman–Crippen LogP) is 7.05. The van der Waals surface area contributed by atoms with Gasteiger partial charge >= 0.3 is 50.4 Å². The molecule has 2 aliphatic heterocycles. The van der Waals surface area contributed by atoms with Gasteiger partial charge in [-0.05, 0) is 49.9 Å². The van der Waals surface area contributed by atoms with Crippen molar-refractivity contribution in [3.05, 3.63) is 101 Å². The number of nitrogens with zero attached hydrogens (tertiary/aromatic N) is 6. The summed E-state index contributed by atoms with van der Waals surface area (Å²) >= 11 is 0.979. The molecule has 8 rings (SSSR count). The number of piperidine rings is 1. The zero-order chi connectivity index (χ0) is 32.6. The Morgan fingerprint density at radius 2 is 1.33 bits per heavy atom. The summed E-state index contributed by atoms with van der Waals surface area (Å²) in [5.74, 6) is 2.31.